The highest BCUT2D eigenvalue weighted by atomic mass is 32.1. The van der Waals surface area contributed by atoms with Gasteiger partial charge in [-0.25, -0.2) is 9.98 Å². The minimum absolute atomic E-state index is 0.102. The molecule has 0 spiro atoms. The van der Waals surface area contributed by atoms with Crippen LogP contribution in [0.1, 0.15) is 81.8 Å². The molecule has 0 N–H and O–H groups in total. The number of ketones is 2. The molecular formula is C46H26N6O2S. The Bertz CT molecular complexity index is 2870. The van der Waals surface area contributed by atoms with Crippen molar-refractivity contribution < 1.29 is 9.59 Å². The molecule has 5 aromatic rings. The van der Waals surface area contributed by atoms with E-state index in [4.69, 9.17) is 9.98 Å². The third-order valence-electron chi connectivity index (χ3n) is 11.2. The first kappa shape index (κ1) is 33.5. The Kier molecular flexibility index (Phi) is 7.07. The largest absolute Gasteiger partial charge is 0.287 e. The van der Waals surface area contributed by atoms with E-state index in [0.29, 0.717) is 33.6 Å². The van der Waals surface area contributed by atoms with Gasteiger partial charge >= 0.3 is 0 Å². The minimum Gasteiger partial charge on any atom is -0.287 e. The van der Waals surface area contributed by atoms with Gasteiger partial charge < -0.3 is 0 Å². The summed E-state index contributed by atoms with van der Waals surface area (Å²) < 4.78 is 2.18. The molecule has 1 heterocycles. The van der Waals surface area contributed by atoms with Gasteiger partial charge in [0, 0.05) is 53.3 Å². The van der Waals surface area contributed by atoms with E-state index in [2.05, 4.69) is 52.0 Å². The maximum Gasteiger partial charge on any atom is 0.212 e. The molecule has 55 heavy (non-hydrogen) atoms. The van der Waals surface area contributed by atoms with Gasteiger partial charge in [0.2, 0.25) is 11.6 Å². The summed E-state index contributed by atoms with van der Waals surface area (Å²) in [6.07, 6.45) is 3.98. The van der Waals surface area contributed by atoms with Gasteiger partial charge in [0.15, 0.2) is 0 Å². The SMILES string of the molecule is CC1(C)C(N=C2C(=O)c3ccccc3C2=C(C#N)C#N)=Cc2cc3sc4cc5c(cc4c3cc21)C(C)(C)C(N=C1C(=O)c2ccccc2C1=C(C#N)C#N)=C5. The number of carbonyl (C=O) groups is 2. The summed E-state index contributed by atoms with van der Waals surface area (Å²) in [5, 5.41) is 41.4. The van der Waals surface area contributed by atoms with Gasteiger partial charge in [-0.3, -0.25) is 9.59 Å². The number of allylic oxidation sites excluding steroid dienone is 6. The Morgan fingerprint density at radius 2 is 0.927 bits per heavy atom. The zero-order valence-electron chi connectivity index (χ0n) is 30.0. The van der Waals surface area contributed by atoms with E-state index in [1.54, 1.807) is 59.9 Å². The van der Waals surface area contributed by atoms with Crippen molar-refractivity contribution >= 4 is 77.8 Å². The Labute approximate surface area is 319 Å². The van der Waals surface area contributed by atoms with Crippen molar-refractivity contribution in [3.63, 3.8) is 0 Å². The lowest BCUT2D eigenvalue weighted by molar-refractivity contribution is 0.106. The van der Waals surface area contributed by atoms with Crippen LogP contribution in [0.3, 0.4) is 0 Å². The van der Waals surface area contributed by atoms with Crippen LogP contribution in [0.5, 0.6) is 0 Å². The summed E-state index contributed by atoms with van der Waals surface area (Å²) in [6.45, 7) is 8.25. The average Bonchev–Trinajstić information content (AvgIpc) is 3.90. The molecule has 1 aromatic heterocycles. The van der Waals surface area contributed by atoms with Crippen molar-refractivity contribution in [3.05, 3.63) is 140 Å². The maximum absolute atomic E-state index is 13.7. The molecule has 0 saturated heterocycles. The average molecular weight is 727 g/mol. The number of thiophene rings is 1. The monoisotopic (exact) mass is 726 g/mol. The Morgan fingerprint density at radius 3 is 1.29 bits per heavy atom. The molecule has 8 nitrogen and oxygen atoms in total. The molecule has 9 rings (SSSR count). The highest BCUT2D eigenvalue weighted by Gasteiger charge is 2.41. The second-order valence-corrected chi connectivity index (χ2v) is 16.0. The smallest absolute Gasteiger partial charge is 0.212 e. The Hall–Kier alpha value is -7.30. The number of aliphatic imine (C=N–C) groups is 2. The number of nitrogens with zero attached hydrogens (tertiary/aromatic N) is 6. The molecule has 0 aliphatic heterocycles. The van der Waals surface area contributed by atoms with Crippen LogP contribution < -0.4 is 0 Å². The number of carbonyl (C=O) groups excluding carboxylic acids is 2. The highest BCUT2D eigenvalue weighted by molar-refractivity contribution is 7.25. The topological polar surface area (TPSA) is 154 Å². The summed E-state index contributed by atoms with van der Waals surface area (Å²) in [6, 6.07) is 30.5. The van der Waals surface area contributed by atoms with Crippen LogP contribution in [0, 0.1) is 45.3 Å². The predicted molar refractivity (Wildman–Crippen MR) is 214 cm³/mol. The van der Waals surface area contributed by atoms with Crippen molar-refractivity contribution in [1.29, 1.82) is 21.0 Å². The zero-order chi connectivity index (χ0) is 38.6. The van der Waals surface area contributed by atoms with Crippen LogP contribution >= 0.6 is 11.3 Å². The first-order valence-corrected chi connectivity index (χ1v) is 18.3. The Balaban J connectivity index is 1.13. The van der Waals surface area contributed by atoms with Crippen LogP contribution in [0.2, 0.25) is 0 Å². The lowest BCUT2D eigenvalue weighted by Gasteiger charge is -2.23. The zero-order valence-corrected chi connectivity index (χ0v) is 30.8. The van der Waals surface area contributed by atoms with E-state index < -0.39 is 10.8 Å². The fourth-order valence-corrected chi connectivity index (χ4v) is 9.43. The fraction of sp³-hybridized carbons (Fsp3) is 0.130. The second kappa shape index (κ2) is 11.6. The first-order chi connectivity index (χ1) is 26.4. The number of benzene rings is 4. The van der Waals surface area contributed by atoms with Gasteiger partial charge in [0.25, 0.3) is 0 Å². The van der Waals surface area contributed by atoms with Gasteiger partial charge in [-0.2, -0.15) is 21.0 Å². The fourth-order valence-electron chi connectivity index (χ4n) is 8.27. The van der Waals surface area contributed by atoms with Crippen molar-refractivity contribution in [2.24, 2.45) is 9.98 Å². The van der Waals surface area contributed by atoms with Crippen molar-refractivity contribution in [1.82, 2.24) is 0 Å². The standard InChI is InChI=1S/C46H26N6O2S/c1-45(2)33-17-31-32-18-34-24(16-38(46(34,3)4)52-42-40(26(21-49)22-50)28-10-6-8-12-30(28)44(42)54)14-36(32)55-35(31)13-23(33)15-37(45)51-41-39(25(19-47)20-48)27-9-5-7-11-29(27)43(41)53/h5-18H,1-4H3. The highest BCUT2D eigenvalue weighted by Crippen LogP contribution is 2.50. The maximum atomic E-state index is 13.7. The number of fused-ring (bicyclic) bond motifs is 7. The summed E-state index contributed by atoms with van der Waals surface area (Å²) in [4.78, 5) is 37.2. The molecule has 0 amide bonds. The van der Waals surface area contributed by atoms with E-state index >= 15 is 0 Å². The van der Waals surface area contributed by atoms with E-state index in [0.717, 1.165) is 42.4 Å². The molecule has 0 radical (unpaired) electrons. The van der Waals surface area contributed by atoms with Gasteiger partial charge in [0.05, 0.1) is 11.4 Å². The van der Waals surface area contributed by atoms with E-state index in [1.165, 1.54) is 0 Å². The number of Topliss-reactive ketones (excluding diaryl/α,β-unsaturated/α-hetero) is 2. The molecule has 9 heteroatoms. The molecule has 0 bridgehead atoms. The summed E-state index contributed by atoms with van der Waals surface area (Å²) in [5.41, 5.74) is 6.55. The summed E-state index contributed by atoms with van der Waals surface area (Å²) >= 11 is 1.67. The number of hydrogen-bond donors (Lipinski definition) is 0. The van der Waals surface area contributed by atoms with E-state index in [1.807, 2.05) is 36.4 Å². The van der Waals surface area contributed by atoms with Crippen molar-refractivity contribution in [2.75, 3.05) is 0 Å². The number of hydrogen-bond acceptors (Lipinski definition) is 9. The third kappa shape index (κ3) is 4.58. The Morgan fingerprint density at radius 1 is 0.564 bits per heavy atom. The molecule has 0 saturated carbocycles. The lowest BCUT2D eigenvalue weighted by atomic mass is 9.82. The normalized spacial score (nSPS) is 18.3. The van der Waals surface area contributed by atoms with Gasteiger partial charge in [-0.15, -0.1) is 11.3 Å². The summed E-state index contributed by atoms with van der Waals surface area (Å²) in [7, 11) is 0. The predicted octanol–water partition coefficient (Wildman–Crippen LogP) is 9.60. The molecule has 258 valence electrons. The van der Waals surface area contributed by atoms with Crippen LogP contribution in [-0.4, -0.2) is 23.0 Å². The van der Waals surface area contributed by atoms with E-state index in [9.17, 15) is 30.6 Å². The number of rotatable bonds is 2. The summed E-state index contributed by atoms with van der Waals surface area (Å²) in [5.74, 6) is -0.625. The molecule has 4 aliphatic carbocycles. The van der Waals surface area contributed by atoms with Crippen molar-refractivity contribution in [2.45, 2.75) is 38.5 Å². The van der Waals surface area contributed by atoms with Crippen LogP contribution in [0.4, 0.5) is 0 Å². The number of nitriles is 4. The molecular weight excluding hydrogens is 701 g/mol. The second-order valence-electron chi connectivity index (χ2n) is 14.9. The molecule has 4 aliphatic rings. The van der Waals surface area contributed by atoms with Crippen LogP contribution in [0.25, 0.3) is 43.5 Å². The van der Waals surface area contributed by atoms with Gasteiger partial charge in [0.1, 0.15) is 46.8 Å². The first-order valence-electron chi connectivity index (χ1n) is 17.5. The van der Waals surface area contributed by atoms with Gasteiger partial charge in [-0.05, 0) is 69.8 Å². The minimum atomic E-state index is -0.604. The molecule has 0 fully saturated rings. The van der Waals surface area contributed by atoms with E-state index in [-0.39, 0.29) is 45.3 Å². The third-order valence-corrected chi connectivity index (χ3v) is 12.3. The lowest BCUT2D eigenvalue weighted by Crippen LogP contribution is -2.19. The van der Waals surface area contributed by atoms with Crippen LogP contribution in [-0.2, 0) is 10.8 Å². The quantitative estimate of drug-likeness (QED) is 0.165. The molecule has 4 aromatic carbocycles. The van der Waals surface area contributed by atoms with Gasteiger partial charge in [-0.1, -0.05) is 76.2 Å². The molecule has 0 unspecified atom stereocenters. The van der Waals surface area contributed by atoms with Crippen LogP contribution in [0.15, 0.2) is 105 Å². The molecule has 0 atom stereocenters. The van der Waals surface area contributed by atoms with Crippen molar-refractivity contribution in [3.8, 4) is 24.3 Å².